The molecule has 3 rings (SSSR count). The van der Waals surface area contributed by atoms with Gasteiger partial charge in [0.1, 0.15) is 17.0 Å². The number of rotatable bonds is 5. The Morgan fingerprint density at radius 3 is 2.62 bits per heavy atom. The number of hydrogen-bond acceptors (Lipinski definition) is 5. The molecule has 0 saturated heterocycles. The lowest BCUT2D eigenvalue weighted by atomic mass is 10.1. The number of halogens is 1. The Kier molecular flexibility index (Phi) is 4.36. The van der Waals surface area contributed by atoms with Crippen LogP contribution in [0.25, 0.3) is 11.3 Å². The molecule has 0 fully saturated rings. The number of nitrogens with one attached hydrogen (secondary N) is 1. The predicted molar refractivity (Wildman–Crippen MR) is 84.7 cm³/mol. The summed E-state index contributed by atoms with van der Waals surface area (Å²) in [7, 11) is -2.03. The van der Waals surface area contributed by atoms with E-state index in [1.54, 1.807) is 25.2 Å². The number of aromatic nitrogens is 4. The van der Waals surface area contributed by atoms with Gasteiger partial charge < -0.3 is 0 Å². The summed E-state index contributed by atoms with van der Waals surface area (Å²) in [6, 6.07) is 7.52. The highest BCUT2D eigenvalue weighted by molar-refractivity contribution is 7.89. The van der Waals surface area contributed by atoms with E-state index in [0.29, 0.717) is 11.4 Å². The highest BCUT2D eigenvalue weighted by Gasteiger charge is 2.16. The van der Waals surface area contributed by atoms with Crippen LogP contribution in [0.5, 0.6) is 0 Å². The van der Waals surface area contributed by atoms with Gasteiger partial charge in [-0.05, 0) is 30.3 Å². The molecule has 0 spiro atoms. The topological polar surface area (TPSA) is 89.8 Å². The lowest BCUT2D eigenvalue weighted by Crippen LogP contribution is -2.23. The summed E-state index contributed by atoms with van der Waals surface area (Å²) >= 11 is 0. The maximum atomic E-state index is 13.0. The van der Waals surface area contributed by atoms with Crippen molar-refractivity contribution in [3.05, 3.63) is 60.6 Å². The fourth-order valence-corrected chi connectivity index (χ4v) is 3.04. The molecule has 24 heavy (non-hydrogen) atoms. The normalized spacial score (nSPS) is 11.6. The number of sulfonamides is 1. The summed E-state index contributed by atoms with van der Waals surface area (Å²) in [5.41, 5.74) is 1.80. The van der Waals surface area contributed by atoms with Crippen molar-refractivity contribution >= 4 is 10.0 Å². The summed E-state index contributed by atoms with van der Waals surface area (Å²) in [6.07, 6.45) is 4.02. The first-order valence-electron chi connectivity index (χ1n) is 6.99. The van der Waals surface area contributed by atoms with Crippen LogP contribution in [0.3, 0.4) is 0 Å². The first kappa shape index (κ1) is 16.2. The molecular formula is C15H14FN5O2S. The minimum Gasteiger partial charge on any atom is -0.274 e. The second-order valence-corrected chi connectivity index (χ2v) is 6.84. The summed E-state index contributed by atoms with van der Waals surface area (Å²) in [5, 5.41) is 3.84. The zero-order valence-corrected chi connectivity index (χ0v) is 13.5. The van der Waals surface area contributed by atoms with E-state index in [-0.39, 0.29) is 17.3 Å². The van der Waals surface area contributed by atoms with Crippen molar-refractivity contribution in [3.8, 4) is 11.3 Å². The first-order chi connectivity index (χ1) is 11.4. The molecule has 9 heteroatoms. The zero-order valence-electron chi connectivity index (χ0n) is 12.7. The number of aryl methyl sites for hydroxylation is 1. The molecule has 0 radical (unpaired) electrons. The fraction of sp³-hybridized carbons (Fsp3) is 0.133. The molecule has 0 aliphatic carbocycles. The summed E-state index contributed by atoms with van der Waals surface area (Å²) in [5.74, 6) is -0.336. The summed E-state index contributed by atoms with van der Waals surface area (Å²) in [6.45, 7) is 0.00788. The third-order valence-electron chi connectivity index (χ3n) is 3.30. The van der Waals surface area contributed by atoms with Crippen molar-refractivity contribution in [2.24, 2.45) is 7.05 Å². The van der Waals surface area contributed by atoms with Crippen molar-refractivity contribution in [2.75, 3.05) is 0 Å². The van der Waals surface area contributed by atoms with E-state index in [4.69, 9.17) is 0 Å². The lowest BCUT2D eigenvalue weighted by molar-refractivity contribution is 0.580. The van der Waals surface area contributed by atoms with Gasteiger partial charge in [-0.15, -0.1) is 0 Å². The van der Waals surface area contributed by atoms with Gasteiger partial charge in [0, 0.05) is 18.8 Å². The van der Waals surface area contributed by atoms with Crippen LogP contribution >= 0.6 is 0 Å². The molecule has 0 aliphatic rings. The van der Waals surface area contributed by atoms with Gasteiger partial charge in [0.2, 0.25) is 10.0 Å². The van der Waals surface area contributed by atoms with Crippen LogP contribution < -0.4 is 4.72 Å². The zero-order chi connectivity index (χ0) is 17.2. The van der Waals surface area contributed by atoms with Gasteiger partial charge in [0.15, 0.2) is 0 Å². The van der Waals surface area contributed by atoms with Gasteiger partial charge >= 0.3 is 0 Å². The lowest BCUT2D eigenvalue weighted by Gasteiger charge is -2.06. The minimum absolute atomic E-state index is 0.00788. The molecule has 0 atom stereocenters. The predicted octanol–water partition coefficient (Wildman–Crippen LogP) is 1.49. The first-order valence-corrected chi connectivity index (χ1v) is 8.47. The van der Waals surface area contributed by atoms with Gasteiger partial charge in [-0.2, -0.15) is 5.10 Å². The Bertz CT molecular complexity index is 954. The van der Waals surface area contributed by atoms with E-state index in [2.05, 4.69) is 19.8 Å². The Balaban J connectivity index is 1.76. The maximum Gasteiger partial charge on any atom is 0.244 e. The highest BCUT2D eigenvalue weighted by atomic mass is 32.2. The largest absolute Gasteiger partial charge is 0.274 e. The number of benzene rings is 1. The molecule has 2 heterocycles. The van der Waals surface area contributed by atoms with E-state index >= 15 is 0 Å². The molecule has 124 valence electrons. The highest BCUT2D eigenvalue weighted by Crippen LogP contribution is 2.17. The maximum absolute atomic E-state index is 13.0. The van der Waals surface area contributed by atoms with Gasteiger partial charge in [-0.1, -0.05) is 0 Å². The molecule has 1 N–H and O–H groups in total. The second kappa shape index (κ2) is 6.46. The van der Waals surface area contributed by atoms with Crippen LogP contribution in [0.15, 0.2) is 53.9 Å². The molecule has 1 aromatic carbocycles. The molecule has 2 aromatic heterocycles. The molecule has 0 amide bonds. The molecule has 7 nitrogen and oxygen atoms in total. The van der Waals surface area contributed by atoms with Crippen LogP contribution in [0, 0.1) is 5.82 Å². The van der Waals surface area contributed by atoms with Crippen LogP contribution in [-0.2, 0) is 23.6 Å². The van der Waals surface area contributed by atoms with Gasteiger partial charge in [0.25, 0.3) is 0 Å². The molecule has 0 unspecified atom stereocenters. The van der Waals surface area contributed by atoms with Crippen molar-refractivity contribution in [1.82, 2.24) is 24.5 Å². The van der Waals surface area contributed by atoms with E-state index < -0.39 is 10.0 Å². The Morgan fingerprint density at radius 2 is 1.96 bits per heavy atom. The number of hydrogen-bond donors (Lipinski definition) is 1. The quantitative estimate of drug-likeness (QED) is 0.755. The molecule has 0 saturated carbocycles. The van der Waals surface area contributed by atoms with Crippen LogP contribution in [-0.4, -0.2) is 28.2 Å². The average Bonchev–Trinajstić information content (AvgIpc) is 3.02. The van der Waals surface area contributed by atoms with E-state index in [1.807, 2.05) is 0 Å². The third-order valence-corrected chi connectivity index (χ3v) is 4.65. The standard InChI is InChI=1S/C15H14FN5O2S/c1-21-9-14(8-19-21)24(22,23)20-7-13-6-15(18-10-17-13)11-2-4-12(16)5-3-11/h2-6,8-10,20H,7H2,1H3. The van der Waals surface area contributed by atoms with Crippen molar-refractivity contribution in [1.29, 1.82) is 0 Å². The summed E-state index contributed by atoms with van der Waals surface area (Å²) < 4.78 is 41.2. The molecule has 0 aliphatic heterocycles. The van der Waals surface area contributed by atoms with Gasteiger partial charge in [-0.3, -0.25) is 4.68 Å². The van der Waals surface area contributed by atoms with Gasteiger partial charge in [-0.25, -0.2) is 27.5 Å². The van der Waals surface area contributed by atoms with Crippen LogP contribution in [0.1, 0.15) is 5.69 Å². The molecule has 3 aromatic rings. The Labute approximate surface area is 138 Å². The molecular weight excluding hydrogens is 333 g/mol. The minimum atomic E-state index is -3.66. The monoisotopic (exact) mass is 347 g/mol. The van der Waals surface area contributed by atoms with Crippen LogP contribution in [0.4, 0.5) is 4.39 Å². The van der Waals surface area contributed by atoms with E-state index in [0.717, 1.165) is 5.56 Å². The van der Waals surface area contributed by atoms with E-state index in [9.17, 15) is 12.8 Å². The van der Waals surface area contributed by atoms with Crippen molar-refractivity contribution in [2.45, 2.75) is 11.4 Å². The number of nitrogens with zero attached hydrogens (tertiary/aromatic N) is 4. The smallest absolute Gasteiger partial charge is 0.244 e. The van der Waals surface area contributed by atoms with Crippen LogP contribution in [0.2, 0.25) is 0 Å². The summed E-state index contributed by atoms with van der Waals surface area (Å²) in [4.78, 5) is 8.25. The van der Waals surface area contributed by atoms with E-state index in [1.165, 1.54) is 35.5 Å². The third kappa shape index (κ3) is 3.63. The average molecular weight is 347 g/mol. The SMILES string of the molecule is Cn1cc(S(=O)(=O)NCc2cc(-c3ccc(F)cc3)ncn2)cn1. The molecule has 0 bridgehead atoms. The Hall–Kier alpha value is -2.65. The second-order valence-electron chi connectivity index (χ2n) is 5.08. The fourth-order valence-electron chi connectivity index (χ4n) is 2.06. The van der Waals surface area contributed by atoms with Crippen molar-refractivity contribution < 1.29 is 12.8 Å². The van der Waals surface area contributed by atoms with Gasteiger partial charge in [0.05, 0.1) is 24.1 Å². The Morgan fingerprint density at radius 1 is 1.21 bits per heavy atom. The van der Waals surface area contributed by atoms with Crippen molar-refractivity contribution in [3.63, 3.8) is 0 Å².